The number of fused-ring (bicyclic) bond motifs is 1. The normalized spacial score (nSPS) is 15.8. The van der Waals surface area contributed by atoms with E-state index in [4.69, 9.17) is 4.74 Å². The van der Waals surface area contributed by atoms with Crippen molar-refractivity contribution in [3.05, 3.63) is 60.2 Å². The first-order valence-electron chi connectivity index (χ1n) is 8.91. The molecule has 0 bridgehead atoms. The number of benzene rings is 2. The van der Waals surface area contributed by atoms with E-state index in [1.54, 1.807) is 18.9 Å². The van der Waals surface area contributed by atoms with Crippen molar-refractivity contribution < 1.29 is 4.74 Å². The summed E-state index contributed by atoms with van der Waals surface area (Å²) in [6, 6.07) is 19.0. The van der Waals surface area contributed by atoms with Crippen molar-refractivity contribution in [2.45, 2.75) is 0 Å². The van der Waals surface area contributed by atoms with Crippen molar-refractivity contribution in [1.29, 1.82) is 0 Å². The van der Waals surface area contributed by atoms with Crippen LogP contribution in [-0.4, -0.2) is 41.5 Å². The van der Waals surface area contributed by atoms with Gasteiger partial charge in [0.2, 0.25) is 0 Å². The van der Waals surface area contributed by atoms with Gasteiger partial charge in [-0.15, -0.1) is 0 Å². The van der Waals surface area contributed by atoms with Crippen LogP contribution in [0.5, 0.6) is 0 Å². The maximum absolute atomic E-state index is 5.06. The third-order valence-electron chi connectivity index (χ3n) is 4.63. The number of aliphatic imine (C=N–C) groups is 1. The second-order valence-electron chi connectivity index (χ2n) is 6.30. The summed E-state index contributed by atoms with van der Waals surface area (Å²) in [5.74, 6) is 0.784. The molecule has 0 fully saturated rings. The predicted molar refractivity (Wildman–Crippen MR) is 115 cm³/mol. The smallest absolute Gasteiger partial charge is 0.177 e. The SMILES string of the molecule is COCCN=C1NN=C(c2c(-c3ccccc3)n(C)c3ccccc23)CS1. The first kappa shape index (κ1) is 17.8. The molecule has 27 heavy (non-hydrogen) atoms. The summed E-state index contributed by atoms with van der Waals surface area (Å²) in [4.78, 5) is 4.48. The standard InChI is InChI=1S/C21H22N4OS/c1-25-18-11-7-6-10-16(18)19(20(25)15-8-4-3-5-9-15)17-14-27-21(24-23-17)22-12-13-26-2/h3-11H,12-14H2,1-2H3,(H,22,24). The van der Waals surface area contributed by atoms with Crippen molar-refractivity contribution >= 4 is 33.5 Å². The highest BCUT2D eigenvalue weighted by Crippen LogP contribution is 2.34. The molecule has 1 N–H and O–H groups in total. The monoisotopic (exact) mass is 378 g/mol. The molecular weight excluding hydrogens is 356 g/mol. The highest BCUT2D eigenvalue weighted by molar-refractivity contribution is 8.14. The summed E-state index contributed by atoms with van der Waals surface area (Å²) in [6.45, 7) is 1.25. The van der Waals surface area contributed by atoms with Crippen LogP contribution >= 0.6 is 11.8 Å². The van der Waals surface area contributed by atoms with Crippen molar-refractivity contribution in [3.63, 3.8) is 0 Å². The van der Waals surface area contributed by atoms with Gasteiger partial charge in [-0.05, 0) is 11.6 Å². The Morgan fingerprint density at radius 3 is 2.67 bits per heavy atom. The topological polar surface area (TPSA) is 50.9 Å². The number of hydrogen-bond acceptors (Lipinski definition) is 4. The van der Waals surface area contributed by atoms with Gasteiger partial charge in [0.1, 0.15) is 0 Å². The molecule has 138 valence electrons. The summed E-state index contributed by atoms with van der Waals surface area (Å²) in [7, 11) is 3.80. The fourth-order valence-corrected chi connectivity index (χ4v) is 4.16. The van der Waals surface area contributed by atoms with E-state index in [0.717, 1.165) is 16.6 Å². The van der Waals surface area contributed by atoms with Gasteiger partial charge in [0, 0.05) is 36.4 Å². The Morgan fingerprint density at radius 2 is 1.93 bits per heavy atom. The van der Waals surface area contributed by atoms with Crippen LogP contribution < -0.4 is 5.43 Å². The van der Waals surface area contributed by atoms with Gasteiger partial charge in [0.15, 0.2) is 5.17 Å². The Bertz CT molecular complexity index is 1010. The number of nitrogens with one attached hydrogen (secondary N) is 1. The molecule has 0 aliphatic carbocycles. The third kappa shape index (κ3) is 3.50. The molecule has 3 aromatic rings. The zero-order chi connectivity index (χ0) is 18.6. The molecule has 1 aliphatic rings. The summed E-state index contributed by atoms with van der Waals surface area (Å²) in [6.07, 6.45) is 0. The summed E-state index contributed by atoms with van der Waals surface area (Å²) >= 11 is 1.68. The van der Waals surface area contributed by atoms with Crippen LogP contribution in [0.15, 0.2) is 64.7 Å². The van der Waals surface area contributed by atoms with E-state index in [9.17, 15) is 0 Å². The molecule has 4 rings (SSSR count). The molecule has 0 saturated heterocycles. The molecule has 2 heterocycles. The fraction of sp³-hybridized carbons (Fsp3) is 0.238. The zero-order valence-corrected chi connectivity index (χ0v) is 16.3. The molecule has 0 saturated carbocycles. The van der Waals surface area contributed by atoms with Crippen molar-refractivity contribution in [3.8, 4) is 11.3 Å². The minimum atomic E-state index is 0.615. The number of rotatable bonds is 5. The zero-order valence-electron chi connectivity index (χ0n) is 15.5. The van der Waals surface area contributed by atoms with Gasteiger partial charge in [0.05, 0.1) is 24.6 Å². The van der Waals surface area contributed by atoms with Crippen LogP contribution in [0, 0.1) is 0 Å². The Kier molecular flexibility index (Phi) is 5.27. The maximum Gasteiger partial charge on any atom is 0.177 e. The third-order valence-corrected chi connectivity index (χ3v) is 5.54. The number of thioether (sulfide) groups is 1. The van der Waals surface area contributed by atoms with Gasteiger partial charge in [-0.25, -0.2) is 0 Å². The number of para-hydroxylation sites is 1. The quantitative estimate of drug-likeness (QED) is 0.686. The Labute approximate surface area is 163 Å². The Hall–Kier alpha value is -2.57. The minimum Gasteiger partial charge on any atom is -0.383 e. The second kappa shape index (κ2) is 7.98. The minimum absolute atomic E-state index is 0.615. The molecule has 2 aromatic carbocycles. The van der Waals surface area contributed by atoms with Crippen LogP contribution in [0.4, 0.5) is 0 Å². The number of hydrogen-bond donors (Lipinski definition) is 1. The lowest BCUT2D eigenvalue weighted by molar-refractivity contribution is 0.208. The van der Waals surface area contributed by atoms with E-state index in [-0.39, 0.29) is 0 Å². The summed E-state index contributed by atoms with van der Waals surface area (Å²) < 4.78 is 7.32. The molecule has 0 amide bonds. The van der Waals surface area contributed by atoms with E-state index in [0.29, 0.717) is 13.2 Å². The number of aromatic nitrogens is 1. The molecule has 0 radical (unpaired) electrons. The molecule has 5 nitrogen and oxygen atoms in total. The molecule has 1 aromatic heterocycles. The lowest BCUT2D eigenvalue weighted by atomic mass is 10.0. The maximum atomic E-state index is 5.06. The van der Waals surface area contributed by atoms with Crippen molar-refractivity contribution in [2.24, 2.45) is 17.1 Å². The number of nitrogens with zero attached hydrogens (tertiary/aromatic N) is 3. The fourth-order valence-electron chi connectivity index (χ4n) is 3.38. The van der Waals surface area contributed by atoms with E-state index in [1.165, 1.54) is 27.7 Å². The average Bonchev–Trinajstić information content (AvgIpc) is 3.02. The van der Waals surface area contributed by atoms with E-state index >= 15 is 0 Å². The summed E-state index contributed by atoms with van der Waals surface area (Å²) in [5.41, 5.74) is 8.94. The first-order valence-corrected chi connectivity index (χ1v) is 9.90. The molecular formula is C21H22N4OS. The molecule has 0 unspecified atom stereocenters. The number of amidine groups is 1. The molecule has 6 heteroatoms. The van der Waals surface area contributed by atoms with Gasteiger partial charge in [-0.2, -0.15) is 5.10 Å². The number of ether oxygens (including phenoxy) is 1. The molecule has 0 atom stereocenters. The second-order valence-corrected chi connectivity index (χ2v) is 7.27. The van der Waals surface area contributed by atoms with Crippen molar-refractivity contribution in [2.75, 3.05) is 26.0 Å². The summed E-state index contributed by atoms with van der Waals surface area (Å²) in [5, 5.41) is 6.74. The molecule has 0 spiro atoms. The number of methoxy groups -OCH3 is 1. The van der Waals surface area contributed by atoms with E-state index in [2.05, 4.69) is 75.7 Å². The van der Waals surface area contributed by atoms with E-state index < -0.39 is 0 Å². The number of aryl methyl sites for hydroxylation is 1. The highest BCUT2D eigenvalue weighted by Gasteiger charge is 2.23. The predicted octanol–water partition coefficient (Wildman–Crippen LogP) is 3.89. The van der Waals surface area contributed by atoms with Crippen molar-refractivity contribution in [1.82, 2.24) is 9.99 Å². The first-order chi connectivity index (χ1) is 13.3. The van der Waals surface area contributed by atoms with Crippen LogP contribution in [0.2, 0.25) is 0 Å². The van der Waals surface area contributed by atoms with Crippen LogP contribution in [-0.2, 0) is 11.8 Å². The Balaban J connectivity index is 1.79. The van der Waals surface area contributed by atoms with Gasteiger partial charge in [-0.3, -0.25) is 10.4 Å². The number of hydrazone groups is 1. The van der Waals surface area contributed by atoms with Gasteiger partial charge in [-0.1, -0.05) is 60.3 Å². The van der Waals surface area contributed by atoms with Gasteiger partial charge in [0.25, 0.3) is 0 Å². The average molecular weight is 379 g/mol. The lowest BCUT2D eigenvalue weighted by Crippen LogP contribution is -2.26. The van der Waals surface area contributed by atoms with Gasteiger partial charge >= 0.3 is 0 Å². The van der Waals surface area contributed by atoms with Crippen LogP contribution in [0.1, 0.15) is 5.56 Å². The van der Waals surface area contributed by atoms with Crippen LogP contribution in [0.25, 0.3) is 22.2 Å². The largest absolute Gasteiger partial charge is 0.383 e. The Morgan fingerprint density at radius 1 is 1.15 bits per heavy atom. The van der Waals surface area contributed by atoms with Crippen LogP contribution in [0.3, 0.4) is 0 Å². The van der Waals surface area contributed by atoms with Gasteiger partial charge < -0.3 is 9.30 Å². The van der Waals surface area contributed by atoms with E-state index in [1.807, 2.05) is 6.07 Å². The molecule has 1 aliphatic heterocycles. The highest BCUT2D eigenvalue weighted by atomic mass is 32.2. The lowest BCUT2D eigenvalue weighted by Gasteiger charge is -2.16.